The lowest BCUT2D eigenvalue weighted by Gasteiger charge is -2.07. The Morgan fingerprint density at radius 2 is 2.04 bits per heavy atom. The zero-order chi connectivity index (χ0) is 16.7. The third kappa shape index (κ3) is 2.21. The van der Waals surface area contributed by atoms with E-state index in [9.17, 15) is 4.39 Å². The van der Waals surface area contributed by atoms with Crippen LogP contribution in [0.15, 0.2) is 53.3 Å². The van der Waals surface area contributed by atoms with Crippen LogP contribution in [-0.2, 0) is 0 Å². The van der Waals surface area contributed by atoms with Crippen molar-refractivity contribution < 1.29 is 8.91 Å². The minimum absolute atomic E-state index is 0.130. The zero-order valence-corrected chi connectivity index (χ0v) is 12.8. The van der Waals surface area contributed by atoms with E-state index >= 15 is 0 Å². The van der Waals surface area contributed by atoms with E-state index in [2.05, 4.69) is 15.2 Å². The lowest BCUT2D eigenvalue weighted by Crippen LogP contribution is -2.05. The van der Waals surface area contributed by atoms with E-state index in [-0.39, 0.29) is 11.7 Å². The van der Waals surface area contributed by atoms with Crippen LogP contribution in [0.4, 0.5) is 10.2 Å². The molecule has 24 heavy (non-hydrogen) atoms. The van der Waals surface area contributed by atoms with Crippen LogP contribution < -0.4 is 5.73 Å². The number of rotatable bonds is 3. The van der Waals surface area contributed by atoms with Crippen molar-refractivity contribution in [2.45, 2.75) is 12.8 Å². The topological polar surface area (TPSA) is 82.2 Å². The Morgan fingerprint density at radius 1 is 1.21 bits per heavy atom. The van der Waals surface area contributed by atoms with E-state index in [0.717, 1.165) is 11.2 Å². The molecule has 0 saturated carbocycles. The van der Waals surface area contributed by atoms with Gasteiger partial charge in [0, 0.05) is 11.6 Å². The Kier molecular flexibility index (Phi) is 3.26. The van der Waals surface area contributed by atoms with Gasteiger partial charge in [0.2, 0.25) is 0 Å². The molecule has 4 aromatic rings. The Labute approximate surface area is 136 Å². The predicted octanol–water partition coefficient (Wildman–Crippen LogP) is 3.26. The quantitative estimate of drug-likeness (QED) is 0.626. The van der Waals surface area contributed by atoms with Gasteiger partial charge in [-0.15, -0.1) is 0 Å². The van der Waals surface area contributed by atoms with E-state index < -0.39 is 0 Å². The molecule has 1 atom stereocenters. The number of anilines is 1. The summed E-state index contributed by atoms with van der Waals surface area (Å²) in [5, 5.41) is 8.23. The van der Waals surface area contributed by atoms with Gasteiger partial charge in [-0.05, 0) is 31.2 Å². The monoisotopic (exact) mass is 323 g/mol. The second-order valence-corrected chi connectivity index (χ2v) is 5.52. The maximum Gasteiger partial charge on any atom is 0.151 e. The average Bonchev–Trinajstić information content (AvgIpc) is 3.22. The largest absolute Gasteiger partial charge is 0.382 e. The maximum absolute atomic E-state index is 13.9. The number of fused-ring (bicyclic) bond motifs is 1. The summed E-state index contributed by atoms with van der Waals surface area (Å²) in [5.41, 5.74) is 8.34. The third-order valence-corrected chi connectivity index (χ3v) is 4.06. The first-order valence-electron chi connectivity index (χ1n) is 7.45. The highest BCUT2D eigenvalue weighted by Gasteiger charge is 2.20. The van der Waals surface area contributed by atoms with E-state index in [0.29, 0.717) is 22.8 Å². The molecule has 0 fully saturated rings. The van der Waals surface area contributed by atoms with Crippen molar-refractivity contribution in [2.24, 2.45) is 0 Å². The van der Waals surface area contributed by atoms with Gasteiger partial charge in [0.15, 0.2) is 5.82 Å². The molecule has 0 aliphatic rings. The molecule has 0 amide bonds. The van der Waals surface area contributed by atoms with Gasteiger partial charge in [0.1, 0.15) is 29.1 Å². The van der Waals surface area contributed by atoms with Gasteiger partial charge in [-0.3, -0.25) is 0 Å². The number of hydrogen-bond donors (Lipinski definition) is 1. The number of halogens is 1. The summed E-state index contributed by atoms with van der Waals surface area (Å²) in [6, 6.07) is 12.0. The number of nitrogens with zero attached hydrogens (tertiary/aromatic N) is 4. The molecule has 0 aliphatic carbocycles. The molecule has 0 bridgehead atoms. The molecule has 0 radical (unpaired) electrons. The van der Waals surface area contributed by atoms with Crippen LogP contribution in [0.2, 0.25) is 0 Å². The van der Waals surface area contributed by atoms with Gasteiger partial charge in [-0.25, -0.2) is 13.9 Å². The Morgan fingerprint density at radius 3 is 2.88 bits per heavy atom. The Bertz CT molecular complexity index is 1020. The molecule has 7 heteroatoms. The highest BCUT2D eigenvalue weighted by Crippen LogP contribution is 2.30. The molecule has 1 unspecified atom stereocenters. The second-order valence-electron chi connectivity index (χ2n) is 5.52. The van der Waals surface area contributed by atoms with Crippen molar-refractivity contribution >= 4 is 11.3 Å². The molecular weight excluding hydrogens is 309 g/mol. The molecule has 2 N–H and O–H groups in total. The SMILES string of the molecule is CC(c1cc(-c2ccccc2F)no1)c1ccc2c(N)ncnn12. The van der Waals surface area contributed by atoms with Crippen molar-refractivity contribution in [3.05, 3.63) is 66.1 Å². The summed E-state index contributed by atoms with van der Waals surface area (Å²) in [6.07, 6.45) is 1.41. The minimum atomic E-state index is -0.335. The van der Waals surface area contributed by atoms with Crippen molar-refractivity contribution in [1.82, 2.24) is 19.8 Å². The molecule has 3 heterocycles. The minimum Gasteiger partial charge on any atom is -0.382 e. The second kappa shape index (κ2) is 5.45. The number of nitrogens with two attached hydrogens (primary N) is 1. The zero-order valence-electron chi connectivity index (χ0n) is 12.8. The molecule has 6 nitrogen and oxygen atoms in total. The van der Waals surface area contributed by atoms with E-state index in [1.54, 1.807) is 28.8 Å². The van der Waals surface area contributed by atoms with Crippen LogP contribution in [0.1, 0.15) is 24.3 Å². The fourth-order valence-corrected chi connectivity index (χ4v) is 2.74. The molecule has 3 aromatic heterocycles. The van der Waals surface area contributed by atoms with Crippen LogP contribution in [0.5, 0.6) is 0 Å². The molecule has 120 valence electrons. The van der Waals surface area contributed by atoms with Crippen LogP contribution in [-0.4, -0.2) is 19.8 Å². The lowest BCUT2D eigenvalue weighted by molar-refractivity contribution is 0.375. The van der Waals surface area contributed by atoms with Gasteiger partial charge < -0.3 is 10.3 Å². The fraction of sp³-hybridized carbons (Fsp3) is 0.118. The number of benzene rings is 1. The van der Waals surface area contributed by atoms with Crippen LogP contribution >= 0.6 is 0 Å². The molecule has 0 saturated heterocycles. The van der Waals surface area contributed by atoms with Gasteiger partial charge in [-0.2, -0.15) is 5.10 Å². The highest BCUT2D eigenvalue weighted by molar-refractivity contribution is 5.66. The summed E-state index contributed by atoms with van der Waals surface area (Å²) >= 11 is 0. The summed E-state index contributed by atoms with van der Waals surface area (Å²) < 4.78 is 21.0. The van der Waals surface area contributed by atoms with Crippen LogP contribution in [0, 0.1) is 5.82 Å². The maximum atomic E-state index is 13.9. The third-order valence-electron chi connectivity index (χ3n) is 4.06. The standard InChI is InChI=1S/C17H14FN5O/c1-10(14-6-7-15-17(19)20-9-21-23(14)15)16-8-13(22-24-16)11-4-2-3-5-12(11)18/h2-10H,1H3,(H2,19,20,21). The van der Waals surface area contributed by atoms with Gasteiger partial charge in [0.25, 0.3) is 0 Å². The van der Waals surface area contributed by atoms with Crippen molar-refractivity contribution in [2.75, 3.05) is 5.73 Å². The Balaban J connectivity index is 1.74. The molecular formula is C17H14FN5O. The normalized spacial score (nSPS) is 12.6. The first-order valence-corrected chi connectivity index (χ1v) is 7.45. The summed E-state index contributed by atoms with van der Waals surface area (Å²) in [7, 11) is 0. The first kappa shape index (κ1) is 14.4. The van der Waals surface area contributed by atoms with Crippen molar-refractivity contribution in [3.63, 3.8) is 0 Å². The first-order chi connectivity index (χ1) is 11.6. The Hall–Kier alpha value is -3.22. The number of aromatic nitrogens is 4. The van der Waals surface area contributed by atoms with E-state index in [1.165, 1.54) is 12.4 Å². The van der Waals surface area contributed by atoms with Gasteiger partial charge >= 0.3 is 0 Å². The molecule has 1 aromatic carbocycles. The fourth-order valence-electron chi connectivity index (χ4n) is 2.74. The van der Waals surface area contributed by atoms with Gasteiger partial charge in [0.05, 0.1) is 11.6 Å². The summed E-state index contributed by atoms with van der Waals surface area (Å²) in [4.78, 5) is 3.97. The van der Waals surface area contributed by atoms with Crippen molar-refractivity contribution in [3.8, 4) is 11.3 Å². The van der Waals surface area contributed by atoms with Crippen LogP contribution in [0.25, 0.3) is 16.8 Å². The molecule has 0 aliphatic heterocycles. The van der Waals surface area contributed by atoms with E-state index in [4.69, 9.17) is 10.3 Å². The van der Waals surface area contributed by atoms with E-state index in [1.807, 2.05) is 19.1 Å². The van der Waals surface area contributed by atoms with Crippen molar-refractivity contribution in [1.29, 1.82) is 0 Å². The lowest BCUT2D eigenvalue weighted by atomic mass is 10.0. The van der Waals surface area contributed by atoms with Crippen LogP contribution in [0.3, 0.4) is 0 Å². The highest BCUT2D eigenvalue weighted by atomic mass is 19.1. The van der Waals surface area contributed by atoms with Gasteiger partial charge in [-0.1, -0.05) is 17.3 Å². The summed E-state index contributed by atoms with van der Waals surface area (Å²) in [5.74, 6) is 0.562. The summed E-state index contributed by atoms with van der Waals surface area (Å²) in [6.45, 7) is 1.96. The smallest absolute Gasteiger partial charge is 0.151 e. The molecule has 0 spiro atoms. The number of hydrogen-bond acceptors (Lipinski definition) is 5. The molecule has 4 rings (SSSR count). The number of nitrogen functional groups attached to an aromatic ring is 1. The predicted molar refractivity (Wildman–Crippen MR) is 86.8 cm³/mol. The average molecular weight is 323 g/mol.